The second kappa shape index (κ2) is 10.1. The summed E-state index contributed by atoms with van der Waals surface area (Å²) in [5, 5.41) is 3.23. The van der Waals surface area contributed by atoms with Crippen molar-refractivity contribution < 1.29 is 18.0 Å². The average Bonchev–Trinajstić information content (AvgIpc) is 3.25. The van der Waals surface area contributed by atoms with Gasteiger partial charge in [0.15, 0.2) is 5.13 Å². The molecule has 3 heterocycles. The second-order valence-electron chi connectivity index (χ2n) is 7.62. The number of pyridine rings is 1. The van der Waals surface area contributed by atoms with E-state index in [9.17, 15) is 18.0 Å². The number of carbonyl (C=O) groups is 1. The standard InChI is InChI=1S/C22H22F3N5OS2/c1-29-7-9-30(10-8-29)18-12-16(5-6-26-18)20(31)28-21-27-13-19(33-21)32-14-15-3-2-4-17(11-15)22(23,24)25/h2-6,11-13H,7-10,14H2,1H3,(H,27,28,31). The topological polar surface area (TPSA) is 61.4 Å². The lowest BCUT2D eigenvalue weighted by molar-refractivity contribution is -0.137. The van der Waals surface area contributed by atoms with Crippen LogP contribution < -0.4 is 10.2 Å². The molecule has 0 saturated carbocycles. The maximum atomic E-state index is 12.9. The summed E-state index contributed by atoms with van der Waals surface area (Å²) >= 11 is 2.66. The van der Waals surface area contributed by atoms with E-state index >= 15 is 0 Å². The van der Waals surface area contributed by atoms with Gasteiger partial charge in [-0.1, -0.05) is 29.5 Å². The lowest BCUT2D eigenvalue weighted by Gasteiger charge is -2.33. The van der Waals surface area contributed by atoms with Gasteiger partial charge in [0.2, 0.25) is 0 Å². The molecule has 0 aliphatic carbocycles. The van der Waals surface area contributed by atoms with Crippen LogP contribution in [0.25, 0.3) is 0 Å². The number of hydrogen-bond donors (Lipinski definition) is 1. The van der Waals surface area contributed by atoms with Gasteiger partial charge in [0, 0.05) is 43.7 Å². The molecule has 4 rings (SSSR count). The number of thioether (sulfide) groups is 1. The minimum Gasteiger partial charge on any atom is -0.354 e. The third kappa shape index (κ3) is 6.24. The van der Waals surface area contributed by atoms with Crippen LogP contribution in [0.15, 0.2) is 53.0 Å². The number of benzene rings is 1. The van der Waals surface area contributed by atoms with Crippen LogP contribution in [0.2, 0.25) is 0 Å². The quantitative estimate of drug-likeness (QED) is 0.496. The maximum Gasteiger partial charge on any atom is 0.416 e. The summed E-state index contributed by atoms with van der Waals surface area (Å²) < 4.78 is 39.4. The van der Waals surface area contributed by atoms with Crippen LogP contribution in [0.1, 0.15) is 21.5 Å². The molecular weight excluding hydrogens is 471 g/mol. The van der Waals surface area contributed by atoms with Crippen LogP contribution in [0, 0.1) is 0 Å². The zero-order valence-corrected chi connectivity index (χ0v) is 19.4. The van der Waals surface area contributed by atoms with Crippen LogP contribution >= 0.6 is 23.1 Å². The van der Waals surface area contributed by atoms with E-state index in [0.29, 0.717) is 22.0 Å². The first-order valence-electron chi connectivity index (χ1n) is 10.2. The Morgan fingerprint density at radius 3 is 2.70 bits per heavy atom. The van der Waals surface area contributed by atoms with E-state index < -0.39 is 11.7 Å². The van der Waals surface area contributed by atoms with E-state index in [1.54, 1.807) is 30.6 Å². The number of aromatic nitrogens is 2. The van der Waals surface area contributed by atoms with Crippen LogP contribution in [-0.4, -0.2) is 54.0 Å². The fraction of sp³-hybridized carbons (Fsp3) is 0.318. The number of amides is 1. The van der Waals surface area contributed by atoms with Crippen molar-refractivity contribution in [2.24, 2.45) is 0 Å². The molecule has 0 radical (unpaired) electrons. The van der Waals surface area contributed by atoms with Crippen LogP contribution in [-0.2, 0) is 11.9 Å². The van der Waals surface area contributed by atoms with Crippen LogP contribution in [0.5, 0.6) is 0 Å². The number of piperazine rings is 1. The second-order valence-corrected chi connectivity index (χ2v) is 9.92. The van der Waals surface area contributed by atoms with E-state index in [0.717, 1.165) is 48.3 Å². The first kappa shape index (κ1) is 23.5. The molecule has 1 fully saturated rings. The van der Waals surface area contributed by atoms with E-state index in [2.05, 4.69) is 32.1 Å². The number of anilines is 2. The highest BCUT2D eigenvalue weighted by Crippen LogP contribution is 2.33. The van der Waals surface area contributed by atoms with Gasteiger partial charge in [-0.3, -0.25) is 10.1 Å². The van der Waals surface area contributed by atoms with Crippen molar-refractivity contribution in [3.8, 4) is 0 Å². The zero-order chi connectivity index (χ0) is 23.4. The predicted octanol–water partition coefficient (Wildman–Crippen LogP) is 4.85. The lowest BCUT2D eigenvalue weighted by Crippen LogP contribution is -2.44. The van der Waals surface area contributed by atoms with Crippen LogP contribution in [0.4, 0.5) is 24.1 Å². The van der Waals surface area contributed by atoms with Crippen molar-refractivity contribution in [1.82, 2.24) is 14.9 Å². The van der Waals surface area contributed by atoms with Gasteiger partial charge < -0.3 is 9.80 Å². The van der Waals surface area contributed by atoms with Gasteiger partial charge in [-0.25, -0.2) is 9.97 Å². The van der Waals surface area contributed by atoms with Gasteiger partial charge in [-0.2, -0.15) is 13.2 Å². The van der Waals surface area contributed by atoms with Crippen molar-refractivity contribution in [3.05, 3.63) is 65.5 Å². The van der Waals surface area contributed by atoms with E-state index in [4.69, 9.17) is 0 Å². The van der Waals surface area contributed by atoms with Crippen molar-refractivity contribution in [3.63, 3.8) is 0 Å². The third-order valence-electron chi connectivity index (χ3n) is 5.18. The first-order valence-corrected chi connectivity index (χ1v) is 12.0. The number of thiazole rings is 1. The summed E-state index contributed by atoms with van der Waals surface area (Å²) in [6.07, 6.45) is -1.12. The molecule has 0 bridgehead atoms. The number of carbonyl (C=O) groups excluding carboxylic acids is 1. The van der Waals surface area contributed by atoms with Gasteiger partial charge in [0.1, 0.15) is 5.82 Å². The Balaban J connectivity index is 1.35. The van der Waals surface area contributed by atoms with Gasteiger partial charge in [-0.05, 0) is 30.8 Å². The average molecular weight is 494 g/mol. The Kier molecular flexibility index (Phi) is 7.20. The molecule has 0 spiro atoms. The molecule has 1 N–H and O–H groups in total. The molecule has 0 unspecified atom stereocenters. The highest BCUT2D eigenvalue weighted by Gasteiger charge is 2.30. The molecule has 11 heteroatoms. The summed E-state index contributed by atoms with van der Waals surface area (Å²) in [7, 11) is 2.08. The van der Waals surface area contributed by atoms with Gasteiger partial charge in [-0.15, -0.1) is 11.8 Å². The number of nitrogens with one attached hydrogen (secondary N) is 1. The molecule has 174 valence electrons. The Morgan fingerprint density at radius 2 is 1.94 bits per heavy atom. The smallest absolute Gasteiger partial charge is 0.354 e. The Morgan fingerprint density at radius 1 is 1.15 bits per heavy atom. The predicted molar refractivity (Wildman–Crippen MR) is 125 cm³/mol. The van der Waals surface area contributed by atoms with Gasteiger partial charge >= 0.3 is 6.18 Å². The molecular formula is C22H22F3N5OS2. The summed E-state index contributed by atoms with van der Waals surface area (Å²) in [6, 6.07) is 8.71. The molecule has 0 atom stereocenters. The summed E-state index contributed by atoms with van der Waals surface area (Å²) in [5.74, 6) is 0.863. The van der Waals surface area contributed by atoms with Gasteiger partial charge in [0.05, 0.1) is 16.0 Å². The largest absolute Gasteiger partial charge is 0.416 e. The number of rotatable bonds is 6. The Labute approximate surface area is 197 Å². The molecule has 1 amide bonds. The monoisotopic (exact) mass is 493 g/mol. The molecule has 6 nitrogen and oxygen atoms in total. The highest BCUT2D eigenvalue weighted by atomic mass is 32.2. The summed E-state index contributed by atoms with van der Waals surface area (Å²) in [4.78, 5) is 25.7. The first-order chi connectivity index (χ1) is 15.8. The maximum absolute atomic E-state index is 12.9. The number of hydrogen-bond acceptors (Lipinski definition) is 7. The minimum atomic E-state index is -4.36. The minimum absolute atomic E-state index is 0.281. The molecule has 33 heavy (non-hydrogen) atoms. The zero-order valence-electron chi connectivity index (χ0n) is 17.8. The molecule has 1 aromatic carbocycles. The number of alkyl halides is 3. The number of halogens is 3. The van der Waals surface area contributed by atoms with Crippen molar-refractivity contribution in [1.29, 1.82) is 0 Å². The molecule has 3 aromatic rings. The molecule has 1 saturated heterocycles. The van der Waals surface area contributed by atoms with Gasteiger partial charge in [0.25, 0.3) is 5.91 Å². The fourth-order valence-corrected chi connectivity index (χ4v) is 5.12. The highest BCUT2D eigenvalue weighted by molar-refractivity contribution is 8.00. The number of likely N-dealkylation sites (N-methyl/N-ethyl adjacent to an activating group) is 1. The van der Waals surface area contributed by atoms with Crippen LogP contribution in [0.3, 0.4) is 0 Å². The van der Waals surface area contributed by atoms with E-state index in [-0.39, 0.29) is 5.91 Å². The van der Waals surface area contributed by atoms with Crippen molar-refractivity contribution in [2.75, 3.05) is 43.4 Å². The van der Waals surface area contributed by atoms with E-state index in [1.807, 2.05) is 0 Å². The fourth-order valence-electron chi connectivity index (χ4n) is 3.31. The Hall–Kier alpha value is -2.63. The molecule has 1 aliphatic heterocycles. The SMILES string of the molecule is CN1CCN(c2cc(C(=O)Nc3ncc(SCc4cccc(C(F)(F)F)c4)s3)ccn2)CC1. The lowest BCUT2D eigenvalue weighted by atomic mass is 10.1. The molecule has 1 aliphatic rings. The van der Waals surface area contributed by atoms with E-state index in [1.165, 1.54) is 29.2 Å². The van der Waals surface area contributed by atoms with Crippen molar-refractivity contribution in [2.45, 2.75) is 16.1 Å². The van der Waals surface area contributed by atoms with Crippen molar-refractivity contribution >= 4 is 40.0 Å². The Bertz CT molecular complexity index is 1110. The summed E-state index contributed by atoms with van der Waals surface area (Å²) in [6.45, 7) is 3.59. The molecule has 2 aromatic heterocycles. The normalized spacial score (nSPS) is 15.0. The third-order valence-corrected chi connectivity index (χ3v) is 7.35. The summed E-state index contributed by atoms with van der Waals surface area (Å²) in [5.41, 5.74) is 0.403. The number of nitrogens with zero attached hydrogens (tertiary/aromatic N) is 4.